The molecule has 0 N–H and O–H groups in total. The molecule has 110 valence electrons. The lowest BCUT2D eigenvalue weighted by Gasteiger charge is -2.10. The zero-order valence-electron chi connectivity index (χ0n) is 11.9. The summed E-state index contributed by atoms with van der Waals surface area (Å²) in [6.45, 7) is 5.18. The third kappa shape index (κ3) is 3.39. The van der Waals surface area contributed by atoms with E-state index in [1.54, 1.807) is 18.2 Å². The molecule has 0 saturated carbocycles. The fraction of sp³-hybridized carbons (Fsp3) is 0.333. The highest BCUT2D eigenvalue weighted by Crippen LogP contribution is 2.27. The summed E-state index contributed by atoms with van der Waals surface area (Å²) in [5.74, 6) is 0.485. The third-order valence-electron chi connectivity index (χ3n) is 3.12. The van der Waals surface area contributed by atoms with E-state index < -0.39 is 0 Å². The van der Waals surface area contributed by atoms with E-state index in [9.17, 15) is 0 Å². The maximum atomic E-state index is 9.10. The van der Waals surface area contributed by atoms with E-state index in [1.165, 1.54) is 0 Å². The van der Waals surface area contributed by atoms with Crippen molar-refractivity contribution in [3.63, 3.8) is 0 Å². The summed E-state index contributed by atoms with van der Waals surface area (Å²) in [5, 5.41) is 14.2. The molecule has 6 heteroatoms. The minimum absolute atomic E-state index is 0.330. The van der Waals surface area contributed by atoms with Crippen LogP contribution in [0.15, 0.2) is 22.7 Å². The zero-order chi connectivity index (χ0) is 15.4. The summed E-state index contributed by atoms with van der Waals surface area (Å²) in [5.41, 5.74) is 2.43. The molecule has 4 nitrogen and oxygen atoms in total. The number of halogens is 2. The van der Waals surface area contributed by atoms with Gasteiger partial charge in [0.2, 0.25) is 0 Å². The number of benzene rings is 1. The zero-order valence-corrected chi connectivity index (χ0v) is 14.2. The van der Waals surface area contributed by atoms with Crippen molar-refractivity contribution in [2.75, 3.05) is 0 Å². The second-order valence-electron chi connectivity index (χ2n) is 4.42. The first-order valence-electron chi connectivity index (χ1n) is 6.67. The Morgan fingerprint density at radius 3 is 2.81 bits per heavy atom. The predicted molar refractivity (Wildman–Crippen MR) is 85.5 cm³/mol. The van der Waals surface area contributed by atoms with Gasteiger partial charge in [-0.25, -0.2) is 0 Å². The van der Waals surface area contributed by atoms with Crippen molar-refractivity contribution in [2.24, 2.45) is 0 Å². The van der Waals surface area contributed by atoms with Crippen LogP contribution in [0.3, 0.4) is 0 Å². The van der Waals surface area contributed by atoms with Crippen molar-refractivity contribution in [2.45, 2.75) is 33.4 Å². The molecule has 1 aromatic carbocycles. The van der Waals surface area contributed by atoms with Crippen molar-refractivity contribution < 1.29 is 4.74 Å². The highest BCUT2D eigenvalue weighted by molar-refractivity contribution is 9.10. The molecule has 0 unspecified atom stereocenters. The van der Waals surface area contributed by atoms with Gasteiger partial charge in [0.15, 0.2) is 0 Å². The van der Waals surface area contributed by atoms with Crippen LogP contribution in [0, 0.1) is 11.3 Å². The summed E-state index contributed by atoms with van der Waals surface area (Å²) < 4.78 is 8.65. The lowest BCUT2D eigenvalue weighted by molar-refractivity contribution is 0.291. The smallest absolute Gasteiger partial charge is 0.139 e. The molecule has 0 bridgehead atoms. The van der Waals surface area contributed by atoms with E-state index in [2.05, 4.69) is 34.0 Å². The molecule has 0 amide bonds. The summed E-state index contributed by atoms with van der Waals surface area (Å²) in [4.78, 5) is 0. The van der Waals surface area contributed by atoms with Crippen molar-refractivity contribution in [1.82, 2.24) is 9.78 Å². The van der Waals surface area contributed by atoms with Gasteiger partial charge in [-0.15, -0.1) is 0 Å². The highest BCUT2D eigenvalue weighted by Gasteiger charge is 2.15. The standard InChI is InChI=1S/C15H15BrClN3O/c1-3-12-15(16)13(20(4-2)19-12)9-21-14-7-11(17)6-5-10(14)8-18/h5-7H,3-4,9H2,1-2H3. The molecule has 1 aromatic heterocycles. The summed E-state index contributed by atoms with van der Waals surface area (Å²) >= 11 is 9.53. The Morgan fingerprint density at radius 2 is 2.19 bits per heavy atom. The summed E-state index contributed by atoms with van der Waals surface area (Å²) in [6, 6.07) is 7.08. The number of hydrogen-bond donors (Lipinski definition) is 0. The maximum absolute atomic E-state index is 9.10. The largest absolute Gasteiger partial charge is 0.486 e. The molecule has 0 aliphatic carbocycles. The molecule has 0 atom stereocenters. The molecule has 1 heterocycles. The van der Waals surface area contributed by atoms with Crippen LogP contribution < -0.4 is 4.74 Å². The molecule has 0 fully saturated rings. The van der Waals surface area contributed by atoms with E-state index in [-0.39, 0.29) is 0 Å². The number of aryl methyl sites for hydroxylation is 2. The van der Waals surface area contributed by atoms with Gasteiger partial charge in [0, 0.05) is 17.6 Å². The molecule has 0 aliphatic rings. The Labute approximate surface area is 137 Å². The van der Waals surface area contributed by atoms with Gasteiger partial charge < -0.3 is 4.74 Å². The van der Waals surface area contributed by atoms with Gasteiger partial charge >= 0.3 is 0 Å². The fourth-order valence-electron chi connectivity index (χ4n) is 2.01. The van der Waals surface area contributed by atoms with Crippen LogP contribution in [0.5, 0.6) is 5.75 Å². The van der Waals surface area contributed by atoms with Crippen LogP contribution in [-0.2, 0) is 19.6 Å². The Hall–Kier alpha value is -1.51. The molecule has 21 heavy (non-hydrogen) atoms. The van der Waals surface area contributed by atoms with Gasteiger partial charge in [0.05, 0.1) is 21.4 Å². The first-order valence-corrected chi connectivity index (χ1v) is 7.84. The molecule has 0 spiro atoms. The second-order valence-corrected chi connectivity index (χ2v) is 5.65. The minimum atomic E-state index is 0.330. The maximum Gasteiger partial charge on any atom is 0.139 e. The van der Waals surface area contributed by atoms with Gasteiger partial charge in [-0.05, 0) is 41.4 Å². The first kappa shape index (κ1) is 15.9. The number of nitrogens with zero attached hydrogens (tertiary/aromatic N) is 3. The van der Waals surface area contributed by atoms with E-state index in [0.29, 0.717) is 22.9 Å². The van der Waals surface area contributed by atoms with E-state index in [0.717, 1.165) is 28.8 Å². The first-order chi connectivity index (χ1) is 10.1. The number of nitriles is 1. The van der Waals surface area contributed by atoms with Gasteiger partial charge in [0.1, 0.15) is 18.4 Å². The molecule has 0 radical (unpaired) electrons. The number of hydrogen-bond acceptors (Lipinski definition) is 3. The average Bonchev–Trinajstić information content (AvgIpc) is 2.80. The van der Waals surface area contributed by atoms with Crippen LogP contribution >= 0.6 is 27.5 Å². The molecule has 2 rings (SSSR count). The van der Waals surface area contributed by atoms with Crippen LogP contribution in [-0.4, -0.2) is 9.78 Å². The fourth-order valence-corrected chi connectivity index (χ4v) is 2.85. The minimum Gasteiger partial charge on any atom is -0.486 e. The van der Waals surface area contributed by atoms with Crippen LogP contribution in [0.1, 0.15) is 30.8 Å². The topological polar surface area (TPSA) is 50.8 Å². The van der Waals surface area contributed by atoms with Crippen molar-refractivity contribution in [1.29, 1.82) is 5.26 Å². The van der Waals surface area contributed by atoms with Gasteiger partial charge in [-0.1, -0.05) is 18.5 Å². The lowest BCUT2D eigenvalue weighted by atomic mass is 10.2. The van der Waals surface area contributed by atoms with Crippen LogP contribution in [0.4, 0.5) is 0 Å². The van der Waals surface area contributed by atoms with Crippen molar-refractivity contribution in [3.05, 3.63) is 44.6 Å². The van der Waals surface area contributed by atoms with Crippen molar-refractivity contribution >= 4 is 27.5 Å². The normalized spacial score (nSPS) is 10.4. The Kier molecular flexibility index (Phi) is 5.27. The second kappa shape index (κ2) is 6.97. The summed E-state index contributed by atoms with van der Waals surface area (Å²) in [6.07, 6.45) is 0.848. The molecule has 0 saturated heterocycles. The number of aromatic nitrogens is 2. The quantitative estimate of drug-likeness (QED) is 0.789. The van der Waals surface area contributed by atoms with Crippen LogP contribution in [0.2, 0.25) is 5.02 Å². The van der Waals surface area contributed by atoms with Crippen LogP contribution in [0.25, 0.3) is 0 Å². The lowest BCUT2D eigenvalue weighted by Crippen LogP contribution is -2.07. The predicted octanol–water partition coefficient (Wildman–Crippen LogP) is 4.33. The van der Waals surface area contributed by atoms with E-state index in [1.807, 2.05) is 11.6 Å². The van der Waals surface area contributed by atoms with Gasteiger partial charge in [-0.2, -0.15) is 10.4 Å². The van der Waals surface area contributed by atoms with E-state index in [4.69, 9.17) is 21.6 Å². The third-order valence-corrected chi connectivity index (χ3v) is 4.27. The Balaban J connectivity index is 2.26. The van der Waals surface area contributed by atoms with E-state index >= 15 is 0 Å². The Bertz CT molecular complexity index is 691. The molecule has 0 aliphatic heterocycles. The number of rotatable bonds is 5. The number of ether oxygens (including phenoxy) is 1. The summed E-state index contributed by atoms with van der Waals surface area (Å²) in [7, 11) is 0. The monoisotopic (exact) mass is 367 g/mol. The van der Waals surface area contributed by atoms with Gasteiger partial charge in [-0.3, -0.25) is 4.68 Å². The van der Waals surface area contributed by atoms with Crippen molar-refractivity contribution in [3.8, 4) is 11.8 Å². The SMILES string of the molecule is CCc1nn(CC)c(COc2cc(Cl)ccc2C#N)c1Br. The molecular weight excluding hydrogens is 354 g/mol. The van der Waals surface area contributed by atoms with Gasteiger partial charge in [0.25, 0.3) is 0 Å². The molecular formula is C15H15BrClN3O. The highest BCUT2D eigenvalue weighted by atomic mass is 79.9. The average molecular weight is 369 g/mol. The molecule has 2 aromatic rings. The Morgan fingerprint density at radius 1 is 1.43 bits per heavy atom.